The van der Waals surface area contributed by atoms with Crippen molar-refractivity contribution in [3.63, 3.8) is 0 Å². The molecule has 0 spiro atoms. The second kappa shape index (κ2) is 3.30. The molecule has 4 N–H and O–H groups in total. The van der Waals surface area contributed by atoms with Gasteiger partial charge in [-0.05, 0) is 0 Å². The molecule has 4 heteroatoms. The molecule has 0 saturated carbocycles. The summed E-state index contributed by atoms with van der Waals surface area (Å²) in [4.78, 5) is 0. The van der Waals surface area contributed by atoms with E-state index in [0.717, 1.165) is 6.42 Å². The fourth-order valence-electron chi connectivity index (χ4n) is 1.11. The third-order valence-corrected chi connectivity index (χ3v) is 1.76. The van der Waals surface area contributed by atoms with Gasteiger partial charge in [0.1, 0.15) is 0 Å². The van der Waals surface area contributed by atoms with Gasteiger partial charge in [-0.25, -0.2) is 0 Å². The molecule has 1 aliphatic rings. The van der Waals surface area contributed by atoms with Crippen molar-refractivity contribution in [2.24, 2.45) is 11.5 Å². The van der Waals surface area contributed by atoms with E-state index >= 15 is 0 Å². The van der Waals surface area contributed by atoms with Crippen LogP contribution in [0.5, 0.6) is 0 Å². The molecule has 1 saturated heterocycles. The molecule has 1 rings (SSSR count). The van der Waals surface area contributed by atoms with Gasteiger partial charge in [-0.2, -0.15) is 0 Å². The maximum Gasteiger partial charge on any atom is 0.159 e. The van der Waals surface area contributed by atoms with Crippen LogP contribution in [0.3, 0.4) is 0 Å². The molecule has 1 heterocycles. The first kappa shape index (κ1) is 7.94. The smallest absolute Gasteiger partial charge is 0.159 e. The molecule has 0 aromatic heterocycles. The minimum atomic E-state index is -0.149. The number of ether oxygens (including phenoxy) is 2. The van der Waals surface area contributed by atoms with Crippen molar-refractivity contribution >= 4 is 0 Å². The molecule has 0 amide bonds. The number of methoxy groups -OCH3 is 1. The third-order valence-electron chi connectivity index (χ3n) is 1.76. The molecule has 0 unspecified atom stereocenters. The minimum Gasteiger partial charge on any atom is -0.356 e. The number of nitrogens with two attached hydrogens (primary N) is 2. The van der Waals surface area contributed by atoms with Gasteiger partial charge >= 0.3 is 0 Å². The Morgan fingerprint density at radius 2 is 2.40 bits per heavy atom. The third kappa shape index (κ3) is 1.46. The molecule has 0 aliphatic carbocycles. The highest BCUT2D eigenvalue weighted by Crippen LogP contribution is 2.17. The Bertz CT molecular complexity index is 110. The van der Waals surface area contributed by atoms with Crippen molar-refractivity contribution in [1.82, 2.24) is 0 Å². The van der Waals surface area contributed by atoms with Crippen molar-refractivity contribution in [3.05, 3.63) is 0 Å². The first-order chi connectivity index (χ1) is 4.77. The zero-order valence-corrected chi connectivity index (χ0v) is 6.12. The average Bonchev–Trinajstić information content (AvgIpc) is 2.30. The lowest BCUT2D eigenvalue weighted by molar-refractivity contribution is -0.112. The fourth-order valence-corrected chi connectivity index (χ4v) is 1.11. The summed E-state index contributed by atoms with van der Waals surface area (Å²) < 4.78 is 10.3. The predicted molar refractivity (Wildman–Crippen MR) is 37.3 cm³/mol. The van der Waals surface area contributed by atoms with E-state index in [1.54, 1.807) is 7.11 Å². The molecule has 1 aliphatic heterocycles. The molecule has 4 nitrogen and oxygen atoms in total. The van der Waals surface area contributed by atoms with E-state index in [9.17, 15) is 0 Å². The minimum absolute atomic E-state index is 0.0232. The summed E-state index contributed by atoms with van der Waals surface area (Å²) in [7, 11) is 1.61. The van der Waals surface area contributed by atoms with Crippen LogP contribution in [0.25, 0.3) is 0 Å². The Labute approximate surface area is 60.5 Å². The number of rotatable bonds is 2. The zero-order chi connectivity index (χ0) is 7.56. The summed E-state index contributed by atoms with van der Waals surface area (Å²) in [5.41, 5.74) is 11.1. The second-order valence-corrected chi connectivity index (χ2v) is 2.48. The lowest BCUT2D eigenvalue weighted by atomic mass is 10.1. The lowest BCUT2D eigenvalue weighted by Gasteiger charge is -2.10. The normalized spacial score (nSPS) is 40.5. The highest BCUT2D eigenvalue weighted by molar-refractivity contribution is 4.81. The van der Waals surface area contributed by atoms with Gasteiger partial charge in [0, 0.05) is 26.1 Å². The summed E-state index contributed by atoms with van der Waals surface area (Å²) in [5.74, 6) is 0. The first-order valence-electron chi connectivity index (χ1n) is 3.42. The Morgan fingerprint density at radius 3 is 2.70 bits per heavy atom. The Hall–Kier alpha value is -0.160. The van der Waals surface area contributed by atoms with Gasteiger partial charge in [-0.1, -0.05) is 0 Å². The van der Waals surface area contributed by atoms with Crippen LogP contribution in [0.1, 0.15) is 6.42 Å². The van der Waals surface area contributed by atoms with E-state index in [-0.39, 0.29) is 18.4 Å². The quantitative estimate of drug-likeness (QED) is 0.526. The summed E-state index contributed by atoms with van der Waals surface area (Å²) in [5, 5.41) is 0. The van der Waals surface area contributed by atoms with Crippen molar-refractivity contribution in [3.8, 4) is 0 Å². The van der Waals surface area contributed by atoms with E-state index in [1.165, 1.54) is 0 Å². The molecular formula is C6H14N2O2. The van der Waals surface area contributed by atoms with Crippen LogP contribution in [0.4, 0.5) is 0 Å². The van der Waals surface area contributed by atoms with Crippen LogP contribution in [-0.2, 0) is 9.47 Å². The Kier molecular flexibility index (Phi) is 2.62. The Balaban J connectivity index is 2.36. The fraction of sp³-hybridized carbons (Fsp3) is 1.00. The number of hydrogen-bond acceptors (Lipinski definition) is 4. The van der Waals surface area contributed by atoms with Gasteiger partial charge in [-0.3, -0.25) is 0 Å². The van der Waals surface area contributed by atoms with Crippen molar-refractivity contribution in [2.75, 3.05) is 13.7 Å². The molecule has 0 aromatic carbocycles. The van der Waals surface area contributed by atoms with Gasteiger partial charge in [-0.15, -0.1) is 0 Å². The van der Waals surface area contributed by atoms with Crippen molar-refractivity contribution in [1.29, 1.82) is 0 Å². The standard InChI is InChI=1S/C6H14N2O2/c1-9-6-2-4(8)5(3-7)10-6/h4-6H,2-3,7-8H2,1H3/t4-,5+,6+/m0/s1. The average molecular weight is 146 g/mol. The van der Waals surface area contributed by atoms with Crippen molar-refractivity contribution in [2.45, 2.75) is 24.9 Å². The highest BCUT2D eigenvalue weighted by atomic mass is 16.7. The van der Waals surface area contributed by atoms with Crippen LogP contribution in [0, 0.1) is 0 Å². The van der Waals surface area contributed by atoms with Gasteiger partial charge < -0.3 is 20.9 Å². The van der Waals surface area contributed by atoms with Crippen LogP contribution < -0.4 is 11.5 Å². The van der Waals surface area contributed by atoms with Gasteiger partial charge in [0.15, 0.2) is 6.29 Å². The largest absolute Gasteiger partial charge is 0.356 e. The Morgan fingerprint density at radius 1 is 1.70 bits per heavy atom. The summed E-state index contributed by atoms with van der Waals surface area (Å²) >= 11 is 0. The van der Waals surface area contributed by atoms with E-state index in [4.69, 9.17) is 20.9 Å². The predicted octanol–water partition coefficient (Wildman–Crippen LogP) is -0.966. The molecule has 0 aromatic rings. The molecule has 0 bridgehead atoms. The molecule has 1 fully saturated rings. The second-order valence-electron chi connectivity index (χ2n) is 2.48. The van der Waals surface area contributed by atoms with Crippen LogP contribution in [-0.4, -0.2) is 32.1 Å². The highest BCUT2D eigenvalue weighted by Gasteiger charge is 2.31. The van der Waals surface area contributed by atoms with E-state index < -0.39 is 0 Å². The van der Waals surface area contributed by atoms with Crippen LogP contribution in [0.15, 0.2) is 0 Å². The first-order valence-corrected chi connectivity index (χ1v) is 3.42. The van der Waals surface area contributed by atoms with Crippen molar-refractivity contribution < 1.29 is 9.47 Å². The summed E-state index contributed by atoms with van der Waals surface area (Å²) in [6, 6.07) is 0.0370. The van der Waals surface area contributed by atoms with E-state index in [2.05, 4.69) is 0 Å². The van der Waals surface area contributed by atoms with Crippen LogP contribution >= 0.6 is 0 Å². The maximum absolute atomic E-state index is 5.67. The van der Waals surface area contributed by atoms with E-state index in [0.29, 0.717) is 6.54 Å². The van der Waals surface area contributed by atoms with Gasteiger partial charge in [0.2, 0.25) is 0 Å². The molecule has 0 radical (unpaired) electrons. The topological polar surface area (TPSA) is 70.5 Å². The van der Waals surface area contributed by atoms with Gasteiger partial charge in [0.25, 0.3) is 0 Å². The SMILES string of the molecule is CO[C@H]1C[C@H](N)[C@@H](CN)O1. The molecular weight excluding hydrogens is 132 g/mol. The molecule has 60 valence electrons. The van der Waals surface area contributed by atoms with Crippen LogP contribution in [0.2, 0.25) is 0 Å². The molecule has 3 atom stereocenters. The molecule has 10 heavy (non-hydrogen) atoms. The summed E-state index contributed by atoms with van der Waals surface area (Å²) in [6.45, 7) is 0.473. The van der Waals surface area contributed by atoms with Gasteiger partial charge in [0.05, 0.1) is 6.10 Å². The number of hydrogen-bond donors (Lipinski definition) is 2. The zero-order valence-electron chi connectivity index (χ0n) is 6.12. The monoisotopic (exact) mass is 146 g/mol. The maximum atomic E-state index is 5.67. The lowest BCUT2D eigenvalue weighted by Crippen LogP contribution is -2.35. The van der Waals surface area contributed by atoms with E-state index in [1.807, 2.05) is 0 Å². The summed E-state index contributed by atoms with van der Waals surface area (Å²) in [6.07, 6.45) is 0.576.